The standard InChI is InChI=1S/C20H25BrN2O4S/c1-4-11-22-28(25,26)18-9-10-19(14(2)12-18)27-13-20(24)23-15(3)16-5-7-17(21)8-6-16/h5-10,12,15,22H,4,11,13H2,1-3H3,(H,23,24). The van der Waals surface area contributed by atoms with Gasteiger partial charge in [0.25, 0.3) is 5.91 Å². The van der Waals surface area contributed by atoms with Crippen LogP contribution in [0.5, 0.6) is 5.75 Å². The van der Waals surface area contributed by atoms with Gasteiger partial charge in [0.2, 0.25) is 10.0 Å². The van der Waals surface area contributed by atoms with Crippen LogP contribution in [0.3, 0.4) is 0 Å². The molecule has 8 heteroatoms. The number of rotatable bonds is 9. The van der Waals surface area contributed by atoms with Gasteiger partial charge in [0, 0.05) is 11.0 Å². The van der Waals surface area contributed by atoms with Gasteiger partial charge in [-0.15, -0.1) is 0 Å². The van der Waals surface area contributed by atoms with E-state index in [-0.39, 0.29) is 23.5 Å². The van der Waals surface area contributed by atoms with Crippen molar-refractivity contribution in [3.05, 3.63) is 58.1 Å². The predicted molar refractivity (Wildman–Crippen MR) is 113 cm³/mol. The quantitative estimate of drug-likeness (QED) is 0.587. The summed E-state index contributed by atoms with van der Waals surface area (Å²) in [4.78, 5) is 12.4. The minimum absolute atomic E-state index is 0.151. The summed E-state index contributed by atoms with van der Waals surface area (Å²) in [6.07, 6.45) is 0.715. The van der Waals surface area contributed by atoms with E-state index < -0.39 is 10.0 Å². The van der Waals surface area contributed by atoms with E-state index in [4.69, 9.17) is 4.74 Å². The van der Waals surface area contributed by atoms with Crippen molar-refractivity contribution in [1.29, 1.82) is 0 Å². The Morgan fingerprint density at radius 2 is 1.86 bits per heavy atom. The van der Waals surface area contributed by atoms with E-state index in [1.54, 1.807) is 13.0 Å². The van der Waals surface area contributed by atoms with Crippen LogP contribution in [0.25, 0.3) is 0 Å². The molecule has 1 amide bonds. The Kier molecular flexibility index (Phi) is 8.03. The van der Waals surface area contributed by atoms with Crippen LogP contribution in [0.1, 0.15) is 37.4 Å². The van der Waals surface area contributed by atoms with Crippen LogP contribution < -0.4 is 14.8 Å². The molecule has 2 rings (SSSR count). The van der Waals surface area contributed by atoms with Crippen LogP contribution in [0, 0.1) is 6.92 Å². The molecular weight excluding hydrogens is 444 g/mol. The molecule has 6 nitrogen and oxygen atoms in total. The smallest absolute Gasteiger partial charge is 0.258 e. The summed E-state index contributed by atoms with van der Waals surface area (Å²) in [6, 6.07) is 12.1. The molecule has 28 heavy (non-hydrogen) atoms. The molecule has 0 bridgehead atoms. The minimum atomic E-state index is -3.53. The highest BCUT2D eigenvalue weighted by atomic mass is 79.9. The zero-order valence-electron chi connectivity index (χ0n) is 16.2. The molecule has 0 radical (unpaired) electrons. The van der Waals surface area contributed by atoms with E-state index in [0.717, 1.165) is 10.0 Å². The van der Waals surface area contributed by atoms with Crippen LogP contribution in [0.15, 0.2) is 51.8 Å². The van der Waals surface area contributed by atoms with Gasteiger partial charge in [0.1, 0.15) is 5.75 Å². The molecule has 0 saturated carbocycles. The molecule has 0 fully saturated rings. The van der Waals surface area contributed by atoms with Crippen molar-refractivity contribution in [1.82, 2.24) is 10.0 Å². The number of carbonyl (C=O) groups is 1. The number of ether oxygens (including phenoxy) is 1. The molecule has 0 aliphatic carbocycles. The van der Waals surface area contributed by atoms with Gasteiger partial charge in [0.15, 0.2) is 6.61 Å². The Hall–Kier alpha value is -1.90. The van der Waals surface area contributed by atoms with E-state index in [9.17, 15) is 13.2 Å². The molecule has 0 heterocycles. The number of nitrogens with one attached hydrogen (secondary N) is 2. The average Bonchev–Trinajstić information content (AvgIpc) is 2.65. The second-order valence-electron chi connectivity index (χ2n) is 6.45. The maximum absolute atomic E-state index is 12.2. The molecular formula is C20H25BrN2O4S. The van der Waals surface area contributed by atoms with Crippen LogP contribution in [0.4, 0.5) is 0 Å². The summed E-state index contributed by atoms with van der Waals surface area (Å²) in [5, 5.41) is 2.88. The van der Waals surface area contributed by atoms with Crippen molar-refractivity contribution in [2.24, 2.45) is 0 Å². The number of hydrogen-bond donors (Lipinski definition) is 2. The largest absolute Gasteiger partial charge is 0.484 e. The summed E-state index contributed by atoms with van der Waals surface area (Å²) >= 11 is 3.38. The molecule has 2 aromatic carbocycles. The lowest BCUT2D eigenvalue weighted by Crippen LogP contribution is -2.31. The predicted octanol–water partition coefficient (Wildman–Crippen LogP) is 3.70. The third-order valence-electron chi connectivity index (χ3n) is 4.11. The Morgan fingerprint density at radius 1 is 1.18 bits per heavy atom. The zero-order chi connectivity index (χ0) is 20.7. The monoisotopic (exact) mass is 468 g/mol. The van der Waals surface area contributed by atoms with E-state index in [0.29, 0.717) is 24.3 Å². The van der Waals surface area contributed by atoms with Crippen molar-refractivity contribution in [3.8, 4) is 5.75 Å². The third kappa shape index (κ3) is 6.32. The lowest BCUT2D eigenvalue weighted by atomic mass is 10.1. The zero-order valence-corrected chi connectivity index (χ0v) is 18.6. The van der Waals surface area contributed by atoms with Gasteiger partial charge in [-0.2, -0.15) is 0 Å². The van der Waals surface area contributed by atoms with Gasteiger partial charge < -0.3 is 10.1 Å². The van der Waals surface area contributed by atoms with Crippen molar-refractivity contribution in [3.63, 3.8) is 0 Å². The van der Waals surface area contributed by atoms with Crippen molar-refractivity contribution < 1.29 is 17.9 Å². The molecule has 152 valence electrons. The van der Waals surface area contributed by atoms with Crippen LogP contribution in [-0.4, -0.2) is 27.5 Å². The second kappa shape index (κ2) is 10.0. The lowest BCUT2D eigenvalue weighted by molar-refractivity contribution is -0.123. The highest BCUT2D eigenvalue weighted by Gasteiger charge is 2.15. The molecule has 0 aliphatic rings. The summed E-state index contributed by atoms with van der Waals surface area (Å²) in [7, 11) is -3.53. The highest BCUT2D eigenvalue weighted by molar-refractivity contribution is 9.10. The van der Waals surface area contributed by atoms with Gasteiger partial charge in [-0.3, -0.25) is 4.79 Å². The van der Waals surface area contributed by atoms with E-state index >= 15 is 0 Å². The van der Waals surface area contributed by atoms with Crippen molar-refractivity contribution in [2.75, 3.05) is 13.2 Å². The highest BCUT2D eigenvalue weighted by Crippen LogP contribution is 2.22. The SMILES string of the molecule is CCCNS(=O)(=O)c1ccc(OCC(=O)NC(C)c2ccc(Br)cc2)c(C)c1. The number of halogens is 1. The van der Waals surface area contributed by atoms with Gasteiger partial charge in [-0.05, 0) is 61.7 Å². The van der Waals surface area contributed by atoms with E-state index in [1.165, 1.54) is 12.1 Å². The fourth-order valence-corrected chi connectivity index (χ4v) is 4.01. The Bertz CT molecular complexity index is 914. The second-order valence-corrected chi connectivity index (χ2v) is 9.14. The molecule has 0 aromatic heterocycles. The Morgan fingerprint density at radius 3 is 2.46 bits per heavy atom. The molecule has 1 atom stereocenters. The summed E-state index contributed by atoms with van der Waals surface area (Å²) in [5.74, 6) is 0.219. The number of amides is 1. The number of carbonyl (C=O) groups excluding carboxylic acids is 1. The fourth-order valence-electron chi connectivity index (χ4n) is 2.53. The topological polar surface area (TPSA) is 84.5 Å². The maximum atomic E-state index is 12.2. The summed E-state index contributed by atoms with van der Waals surface area (Å²) in [5.41, 5.74) is 1.63. The van der Waals surface area contributed by atoms with Gasteiger partial charge in [-0.1, -0.05) is 35.0 Å². The number of aryl methyl sites for hydroxylation is 1. The Labute approximate surface area is 174 Å². The minimum Gasteiger partial charge on any atom is -0.484 e. The first kappa shape index (κ1) is 22.4. The number of benzene rings is 2. The van der Waals surface area contributed by atoms with E-state index in [1.807, 2.05) is 38.1 Å². The summed E-state index contributed by atoms with van der Waals surface area (Å²) in [6.45, 7) is 5.78. The van der Waals surface area contributed by atoms with Crippen LogP contribution in [0.2, 0.25) is 0 Å². The first-order chi connectivity index (χ1) is 13.2. The van der Waals surface area contributed by atoms with Crippen molar-refractivity contribution in [2.45, 2.75) is 38.1 Å². The first-order valence-electron chi connectivity index (χ1n) is 9.01. The van der Waals surface area contributed by atoms with E-state index in [2.05, 4.69) is 26.0 Å². The number of hydrogen-bond acceptors (Lipinski definition) is 4. The van der Waals surface area contributed by atoms with Crippen LogP contribution in [-0.2, 0) is 14.8 Å². The molecule has 2 aromatic rings. The third-order valence-corrected chi connectivity index (χ3v) is 6.09. The molecule has 0 saturated heterocycles. The molecule has 2 N–H and O–H groups in total. The van der Waals surface area contributed by atoms with Gasteiger partial charge >= 0.3 is 0 Å². The molecule has 0 aliphatic heterocycles. The van der Waals surface area contributed by atoms with Gasteiger partial charge in [-0.25, -0.2) is 13.1 Å². The van der Waals surface area contributed by atoms with Crippen LogP contribution >= 0.6 is 15.9 Å². The average molecular weight is 469 g/mol. The summed E-state index contributed by atoms with van der Waals surface area (Å²) < 4.78 is 33.4. The van der Waals surface area contributed by atoms with Crippen molar-refractivity contribution >= 4 is 31.9 Å². The molecule has 0 spiro atoms. The normalized spacial score (nSPS) is 12.4. The number of sulfonamides is 1. The van der Waals surface area contributed by atoms with Gasteiger partial charge in [0.05, 0.1) is 10.9 Å². The maximum Gasteiger partial charge on any atom is 0.258 e. The first-order valence-corrected chi connectivity index (χ1v) is 11.3. The lowest BCUT2D eigenvalue weighted by Gasteiger charge is -2.16. The molecule has 1 unspecified atom stereocenters. The fraction of sp³-hybridized carbons (Fsp3) is 0.350. The Balaban J connectivity index is 1.94.